The van der Waals surface area contributed by atoms with Crippen molar-refractivity contribution >= 4 is 17.2 Å². The molecular formula is C17H21N3O3S. The minimum Gasteiger partial charge on any atom is -0.480 e. The fourth-order valence-corrected chi connectivity index (χ4v) is 3.65. The lowest BCUT2D eigenvalue weighted by atomic mass is 10.1. The van der Waals surface area contributed by atoms with Crippen molar-refractivity contribution in [2.45, 2.75) is 6.04 Å². The normalized spacial score (nSPS) is 16.5. The summed E-state index contributed by atoms with van der Waals surface area (Å²) in [7, 11) is 1.52. The van der Waals surface area contributed by atoms with Gasteiger partial charge in [0.15, 0.2) is 0 Å². The number of morpholine rings is 1. The van der Waals surface area contributed by atoms with Gasteiger partial charge in [0.25, 0.3) is 5.91 Å². The Balaban J connectivity index is 1.70. The topological polar surface area (TPSA) is 63.7 Å². The highest BCUT2D eigenvalue weighted by Crippen LogP contribution is 2.25. The van der Waals surface area contributed by atoms with Crippen LogP contribution in [0.5, 0.6) is 5.88 Å². The van der Waals surface area contributed by atoms with Gasteiger partial charge in [-0.15, -0.1) is 11.3 Å². The Hall–Kier alpha value is -1.96. The summed E-state index contributed by atoms with van der Waals surface area (Å²) < 4.78 is 10.6. The van der Waals surface area contributed by atoms with E-state index in [-0.39, 0.29) is 11.9 Å². The van der Waals surface area contributed by atoms with Crippen molar-refractivity contribution in [1.82, 2.24) is 15.2 Å². The molecule has 0 spiro atoms. The van der Waals surface area contributed by atoms with Crippen LogP contribution in [0.1, 0.15) is 21.3 Å². The number of nitrogens with zero attached hydrogens (tertiary/aromatic N) is 2. The van der Waals surface area contributed by atoms with Gasteiger partial charge in [-0.05, 0) is 23.6 Å². The van der Waals surface area contributed by atoms with Crippen LogP contribution in [-0.4, -0.2) is 55.7 Å². The van der Waals surface area contributed by atoms with E-state index in [2.05, 4.69) is 26.6 Å². The zero-order valence-corrected chi connectivity index (χ0v) is 14.4. The Labute approximate surface area is 145 Å². The number of carbonyl (C=O) groups excluding carboxylic acids is 1. The molecule has 1 aliphatic rings. The molecule has 2 aromatic heterocycles. The Morgan fingerprint density at radius 1 is 1.42 bits per heavy atom. The van der Waals surface area contributed by atoms with Crippen molar-refractivity contribution in [3.8, 4) is 5.88 Å². The number of ether oxygens (including phenoxy) is 2. The van der Waals surface area contributed by atoms with E-state index in [0.717, 1.165) is 26.3 Å². The molecule has 3 rings (SSSR count). The van der Waals surface area contributed by atoms with Crippen molar-refractivity contribution in [2.24, 2.45) is 0 Å². The average Bonchev–Trinajstić information content (AvgIpc) is 3.17. The van der Waals surface area contributed by atoms with Crippen molar-refractivity contribution in [1.29, 1.82) is 0 Å². The Kier molecular flexibility index (Phi) is 5.79. The zero-order valence-electron chi connectivity index (χ0n) is 13.6. The minimum absolute atomic E-state index is 0.153. The molecule has 1 atom stereocenters. The first kappa shape index (κ1) is 16.9. The van der Waals surface area contributed by atoms with Gasteiger partial charge in [0, 0.05) is 30.7 Å². The molecule has 1 N–H and O–H groups in total. The second-order valence-corrected chi connectivity index (χ2v) is 6.43. The number of carbonyl (C=O) groups is 1. The van der Waals surface area contributed by atoms with Crippen LogP contribution in [0.2, 0.25) is 0 Å². The lowest BCUT2D eigenvalue weighted by molar-refractivity contribution is 0.0169. The number of nitrogens with one attached hydrogen (secondary N) is 1. The molecule has 6 nitrogen and oxygen atoms in total. The third kappa shape index (κ3) is 3.92. The quantitative estimate of drug-likeness (QED) is 0.865. The third-order valence-corrected chi connectivity index (χ3v) is 5.00. The van der Waals surface area contributed by atoms with Crippen LogP contribution < -0.4 is 10.1 Å². The number of hydrogen-bond donors (Lipinski definition) is 1. The minimum atomic E-state index is -0.172. The van der Waals surface area contributed by atoms with Crippen LogP contribution in [-0.2, 0) is 4.74 Å². The van der Waals surface area contributed by atoms with Crippen molar-refractivity contribution in [2.75, 3.05) is 40.0 Å². The van der Waals surface area contributed by atoms with Gasteiger partial charge >= 0.3 is 0 Å². The maximum absolute atomic E-state index is 12.5. The van der Waals surface area contributed by atoms with Gasteiger partial charge in [0.05, 0.1) is 26.4 Å². The van der Waals surface area contributed by atoms with Crippen LogP contribution >= 0.6 is 11.3 Å². The molecule has 0 radical (unpaired) electrons. The van der Waals surface area contributed by atoms with E-state index in [1.165, 1.54) is 12.0 Å². The number of methoxy groups -OCH3 is 1. The third-order valence-electron chi connectivity index (χ3n) is 4.02. The lowest BCUT2D eigenvalue weighted by Crippen LogP contribution is -2.43. The second-order valence-electron chi connectivity index (χ2n) is 5.45. The maximum atomic E-state index is 12.5. The summed E-state index contributed by atoms with van der Waals surface area (Å²) in [5.74, 6) is 0.170. The lowest BCUT2D eigenvalue weighted by Gasteiger charge is -2.34. The Morgan fingerprint density at radius 3 is 2.96 bits per heavy atom. The first-order valence-electron chi connectivity index (χ1n) is 7.92. The summed E-state index contributed by atoms with van der Waals surface area (Å²) in [5, 5.41) is 5.09. The molecule has 2 aromatic rings. The molecule has 0 bridgehead atoms. The predicted molar refractivity (Wildman–Crippen MR) is 92.6 cm³/mol. The van der Waals surface area contributed by atoms with Crippen LogP contribution in [0.3, 0.4) is 0 Å². The van der Waals surface area contributed by atoms with E-state index < -0.39 is 0 Å². The summed E-state index contributed by atoms with van der Waals surface area (Å²) in [5.41, 5.74) is 0.451. The molecule has 1 aliphatic heterocycles. The number of rotatable bonds is 6. The molecule has 3 heterocycles. The second kappa shape index (κ2) is 8.23. The van der Waals surface area contributed by atoms with E-state index in [1.54, 1.807) is 29.7 Å². The highest BCUT2D eigenvalue weighted by atomic mass is 32.1. The molecule has 7 heteroatoms. The van der Waals surface area contributed by atoms with Crippen LogP contribution in [0.25, 0.3) is 0 Å². The fourth-order valence-electron chi connectivity index (χ4n) is 2.79. The van der Waals surface area contributed by atoms with E-state index in [0.29, 0.717) is 18.0 Å². The molecule has 1 amide bonds. The van der Waals surface area contributed by atoms with E-state index in [1.807, 2.05) is 6.07 Å². The van der Waals surface area contributed by atoms with Crippen molar-refractivity contribution < 1.29 is 14.3 Å². The summed E-state index contributed by atoms with van der Waals surface area (Å²) in [6, 6.07) is 7.76. The van der Waals surface area contributed by atoms with Crippen molar-refractivity contribution in [3.63, 3.8) is 0 Å². The van der Waals surface area contributed by atoms with E-state index >= 15 is 0 Å². The molecule has 0 aliphatic carbocycles. The van der Waals surface area contributed by atoms with Crippen LogP contribution in [0.15, 0.2) is 35.8 Å². The van der Waals surface area contributed by atoms with Gasteiger partial charge in [0.1, 0.15) is 5.56 Å². The maximum Gasteiger partial charge on any atom is 0.256 e. The molecule has 0 aromatic carbocycles. The first-order chi connectivity index (χ1) is 11.8. The molecule has 128 valence electrons. The standard InChI is InChI=1S/C17H21N3O3S/c1-22-17-13(4-2-6-18-17)16(21)19-12-14(15-5-3-11-24-15)20-7-9-23-10-8-20/h2-6,11,14H,7-10,12H2,1H3,(H,19,21)/t14-/m0/s1. The number of pyridine rings is 1. The SMILES string of the molecule is COc1ncccc1C(=O)NC[C@@H](c1cccs1)N1CCOCC1. The number of amides is 1. The predicted octanol–water partition coefficient (Wildman–Crippen LogP) is 1.96. The number of aromatic nitrogens is 1. The van der Waals surface area contributed by atoms with Crippen LogP contribution in [0.4, 0.5) is 0 Å². The molecule has 1 saturated heterocycles. The van der Waals surface area contributed by atoms with Crippen LogP contribution in [0, 0.1) is 0 Å². The summed E-state index contributed by atoms with van der Waals surface area (Å²) in [6.07, 6.45) is 1.61. The van der Waals surface area contributed by atoms with E-state index in [4.69, 9.17) is 9.47 Å². The monoisotopic (exact) mass is 347 g/mol. The summed E-state index contributed by atoms with van der Waals surface area (Å²) in [4.78, 5) is 20.2. The van der Waals surface area contributed by atoms with Gasteiger partial charge in [-0.2, -0.15) is 0 Å². The summed E-state index contributed by atoms with van der Waals surface area (Å²) >= 11 is 1.71. The molecule has 0 saturated carbocycles. The van der Waals surface area contributed by atoms with Gasteiger partial charge in [0.2, 0.25) is 5.88 Å². The number of thiophene rings is 1. The van der Waals surface area contributed by atoms with E-state index in [9.17, 15) is 4.79 Å². The van der Waals surface area contributed by atoms with Gasteiger partial charge in [-0.3, -0.25) is 9.69 Å². The molecular weight excluding hydrogens is 326 g/mol. The fraction of sp³-hybridized carbons (Fsp3) is 0.412. The molecule has 24 heavy (non-hydrogen) atoms. The number of hydrogen-bond acceptors (Lipinski definition) is 6. The highest BCUT2D eigenvalue weighted by Gasteiger charge is 2.24. The average molecular weight is 347 g/mol. The molecule has 1 fully saturated rings. The highest BCUT2D eigenvalue weighted by molar-refractivity contribution is 7.10. The summed E-state index contributed by atoms with van der Waals surface area (Å²) in [6.45, 7) is 3.74. The zero-order chi connectivity index (χ0) is 16.8. The van der Waals surface area contributed by atoms with Gasteiger partial charge in [-0.25, -0.2) is 4.98 Å². The first-order valence-corrected chi connectivity index (χ1v) is 8.80. The smallest absolute Gasteiger partial charge is 0.256 e. The van der Waals surface area contributed by atoms with Gasteiger partial charge in [-0.1, -0.05) is 6.07 Å². The Morgan fingerprint density at radius 2 is 2.25 bits per heavy atom. The largest absolute Gasteiger partial charge is 0.480 e. The Bertz CT molecular complexity index is 657. The van der Waals surface area contributed by atoms with Gasteiger partial charge < -0.3 is 14.8 Å². The van der Waals surface area contributed by atoms with Crippen molar-refractivity contribution in [3.05, 3.63) is 46.3 Å². The molecule has 0 unspecified atom stereocenters.